The minimum absolute atomic E-state index is 0.667. The van der Waals surface area contributed by atoms with Gasteiger partial charge in [-0.1, -0.05) is 6.07 Å². The van der Waals surface area contributed by atoms with Crippen LogP contribution in [0, 0.1) is 11.3 Å². The van der Waals surface area contributed by atoms with Gasteiger partial charge in [-0.15, -0.1) is 11.3 Å². The van der Waals surface area contributed by atoms with Gasteiger partial charge < -0.3 is 10.1 Å². The van der Waals surface area contributed by atoms with E-state index in [1.807, 2.05) is 43.3 Å². The van der Waals surface area contributed by atoms with Gasteiger partial charge in [0.05, 0.1) is 6.61 Å². The number of thiophene rings is 1. The Labute approximate surface area is 111 Å². The summed E-state index contributed by atoms with van der Waals surface area (Å²) in [5.74, 6) is 0.867. The largest absolute Gasteiger partial charge is 0.494 e. The molecule has 0 saturated carbocycles. The van der Waals surface area contributed by atoms with E-state index in [-0.39, 0.29) is 0 Å². The predicted molar refractivity (Wildman–Crippen MR) is 74.0 cm³/mol. The highest BCUT2D eigenvalue weighted by Gasteiger charge is 2.00. The Morgan fingerprint density at radius 1 is 1.33 bits per heavy atom. The second-order valence-electron chi connectivity index (χ2n) is 3.69. The van der Waals surface area contributed by atoms with Crippen molar-refractivity contribution in [2.45, 2.75) is 13.5 Å². The summed E-state index contributed by atoms with van der Waals surface area (Å²) < 4.78 is 5.44. The fourth-order valence-electron chi connectivity index (χ4n) is 1.58. The zero-order valence-corrected chi connectivity index (χ0v) is 11.0. The normalized spacial score (nSPS) is 9.78. The Bertz CT molecular complexity index is 557. The number of nitriles is 1. The van der Waals surface area contributed by atoms with Gasteiger partial charge in [-0.3, -0.25) is 0 Å². The third kappa shape index (κ3) is 3.25. The molecule has 0 amide bonds. The molecule has 1 N–H and O–H groups in total. The number of ether oxygens (including phenoxy) is 1. The number of benzene rings is 1. The van der Waals surface area contributed by atoms with Crippen LogP contribution >= 0.6 is 11.3 Å². The van der Waals surface area contributed by atoms with Gasteiger partial charge in [0.15, 0.2) is 0 Å². The zero-order chi connectivity index (χ0) is 12.8. The average molecular weight is 258 g/mol. The molecule has 0 fully saturated rings. The first-order chi connectivity index (χ1) is 8.81. The molecule has 18 heavy (non-hydrogen) atoms. The fraction of sp³-hybridized carbons (Fsp3) is 0.214. The van der Waals surface area contributed by atoms with Crippen molar-refractivity contribution in [3.05, 3.63) is 46.2 Å². The van der Waals surface area contributed by atoms with Crippen LogP contribution in [0.4, 0.5) is 5.69 Å². The van der Waals surface area contributed by atoms with E-state index in [9.17, 15) is 0 Å². The van der Waals surface area contributed by atoms with Crippen LogP contribution in [0.3, 0.4) is 0 Å². The first-order valence-corrected chi connectivity index (χ1v) is 6.59. The quantitative estimate of drug-likeness (QED) is 0.890. The zero-order valence-electron chi connectivity index (χ0n) is 10.1. The van der Waals surface area contributed by atoms with Crippen molar-refractivity contribution in [3.63, 3.8) is 0 Å². The van der Waals surface area contributed by atoms with Crippen LogP contribution in [0.25, 0.3) is 0 Å². The Morgan fingerprint density at radius 2 is 2.22 bits per heavy atom. The molecule has 4 heteroatoms. The maximum atomic E-state index is 8.76. The van der Waals surface area contributed by atoms with Crippen molar-refractivity contribution < 1.29 is 4.74 Å². The second-order valence-corrected chi connectivity index (χ2v) is 4.86. The third-order valence-electron chi connectivity index (χ3n) is 2.38. The summed E-state index contributed by atoms with van der Waals surface area (Å²) in [5.41, 5.74) is 1.02. The summed E-state index contributed by atoms with van der Waals surface area (Å²) >= 11 is 1.51. The highest BCUT2D eigenvalue weighted by Crippen LogP contribution is 2.20. The highest BCUT2D eigenvalue weighted by atomic mass is 32.1. The van der Waals surface area contributed by atoms with Crippen molar-refractivity contribution in [3.8, 4) is 11.8 Å². The minimum Gasteiger partial charge on any atom is -0.494 e. The molecule has 1 aromatic carbocycles. The van der Waals surface area contributed by atoms with Gasteiger partial charge in [-0.2, -0.15) is 5.26 Å². The van der Waals surface area contributed by atoms with Gasteiger partial charge in [0.1, 0.15) is 16.7 Å². The smallest absolute Gasteiger partial charge is 0.121 e. The van der Waals surface area contributed by atoms with Crippen LogP contribution in [0.2, 0.25) is 0 Å². The summed E-state index contributed by atoms with van der Waals surface area (Å²) in [6.07, 6.45) is 0. The van der Waals surface area contributed by atoms with Crippen LogP contribution in [0.5, 0.6) is 5.75 Å². The van der Waals surface area contributed by atoms with E-state index in [0.29, 0.717) is 6.61 Å². The lowest BCUT2D eigenvalue weighted by Gasteiger charge is -2.07. The molecule has 0 spiro atoms. The van der Waals surface area contributed by atoms with Gasteiger partial charge in [0, 0.05) is 23.2 Å². The molecular weight excluding hydrogens is 244 g/mol. The Morgan fingerprint density at radius 3 is 2.94 bits per heavy atom. The molecule has 0 radical (unpaired) electrons. The molecule has 0 aliphatic rings. The predicted octanol–water partition coefficient (Wildman–Crippen LogP) is 3.63. The van der Waals surface area contributed by atoms with Crippen molar-refractivity contribution in [2.24, 2.45) is 0 Å². The Balaban J connectivity index is 1.97. The third-order valence-corrected chi connectivity index (χ3v) is 3.37. The maximum Gasteiger partial charge on any atom is 0.121 e. The van der Waals surface area contributed by atoms with Crippen molar-refractivity contribution in [2.75, 3.05) is 11.9 Å². The van der Waals surface area contributed by atoms with Crippen LogP contribution in [0.15, 0.2) is 36.4 Å². The second kappa shape index (κ2) is 6.08. The van der Waals surface area contributed by atoms with Crippen molar-refractivity contribution in [1.29, 1.82) is 5.26 Å². The molecule has 0 atom stereocenters. The lowest BCUT2D eigenvalue weighted by molar-refractivity contribution is 0.340. The lowest BCUT2D eigenvalue weighted by Crippen LogP contribution is -1.98. The minimum atomic E-state index is 0.667. The monoisotopic (exact) mass is 258 g/mol. The van der Waals surface area contributed by atoms with Gasteiger partial charge in [-0.25, -0.2) is 0 Å². The number of nitrogens with zero attached hydrogens (tertiary/aromatic N) is 1. The highest BCUT2D eigenvalue weighted by molar-refractivity contribution is 7.12. The first-order valence-electron chi connectivity index (χ1n) is 5.77. The summed E-state index contributed by atoms with van der Waals surface area (Å²) in [5, 5.41) is 12.1. The number of anilines is 1. The lowest BCUT2D eigenvalue weighted by atomic mass is 10.3. The van der Waals surface area contributed by atoms with E-state index in [4.69, 9.17) is 10.00 Å². The maximum absolute atomic E-state index is 8.76. The molecule has 0 aliphatic carbocycles. The molecule has 1 aromatic heterocycles. The molecule has 0 unspecified atom stereocenters. The number of nitrogens with one attached hydrogen (secondary N) is 1. The first kappa shape index (κ1) is 12.5. The standard InChI is InChI=1S/C14H14N2OS/c1-2-17-12-5-3-4-11(8-12)16-10-14-7-6-13(9-15)18-14/h3-8,16H,2,10H2,1H3. The number of hydrogen-bond acceptors (Lipinski definition) is 4. The molecule has 92 valence electrons. The molecule has 2 aromatic rings. The molecule has 2 rings (SSSR count). The van der Waals surface area contributed by atoms with Crippen LogP contribution in [-0.4, -0.2) is 6.61 Å². The van der Waals surface area contributed by atoms with E-state index >= 15 is 0 Å². The van der Waals surface area contributed by atoms with E-state index < -0.39 is 0 Å². The fourth-order valence-corrected chi connectivity index (χ4v) is 2.33. The van der Waals surface area contributed by atoms with E-state index in [1.165, 1.54) is 11.3 Å². The topological polar surface area (TPSA) is 45.0 Å². The van der Waals surface area contributed by atoms with Crippen molar-refractivity contribution in [1.82, 2.24) is 0 Å². The van der Waals surface area contributed by atoms with Crippen LogP contribution in [-0.2, 0) is 6.54 Å². The molecular formula is C14H14N2OS. The summed E-state index contributed by atoms with van der Waals surface area (Å²) in [7, 11) is 0. The molecule has 0 saturated heterocycles. The molecule has 0 aliphatic heterocycles. The van der Waals surface area contributed by atoms with Gasteiger partial charge in [-0.05, 0) is 31.2 Å². The van der Waals surface area contributed by atoms with Crippen molar-refractivity contribution >= 4 is 17.0 Å². The van der Waals surface area contributed by atoms with E-state index in [1.54, 1.807) is 0 Å². The molecule has 1 heterocycles. The van der Waals surface area contributed by atoms with Crippen LogP contribution < -0.4 is 10.1 Å². The van der Waals surface area contributed by atoms with E-state index in [2.05, 4.69) is 11.4 Å². The average Bonchev–Trinajstić information content (AvgIpc) is 2.85. The van der Waals surface area contributed by atoms with Crippen LogP contribution in [0.1, 0.15) is 16.7 Å². The molecule has 3 nitrogen and oxygen atoms in total. The summed E-state index contributed by atoms with van der Waals surface area (Å²) in [4.78, 5) is 1.89. The Hall–Kier alpha value is -1.99. The Kier molecular flexibility index (Phi) is 4.21. The summed E-state index contributed by atoms with van der Waals surface area (Å²) in [6, 6.07) is 13.8. The van der Waals surface area contributed by atoms with E-state index in [0.717, 1.165) is 27.7 Å². The van der Waals surface area contributed by atoms with Gasteiger partial charge >= 0.3 is 0 Å². The van der Waals surface area contributed by atoms with Gasteiger partial charge in [0.2, 0.25) is 0 Å². The number of hydrogen-bond donors (Lipinski definition) is 1. The number of rotatable bonds is 5. The molecule has 0 bridgehead atoms. The summed E-state index contributed by atoms with van der Waals surface area (Å²) in [6.45, 7) is 3.36. The van der Waals surface area contributed by atoms with Gasteiger partial charge in [0.25, 0.3) is 0 Å². The SMILES string of the molecule is CCOc1cccc(NCc2ccc(C#N)s2)c1.